The molecule has 4 aromatic carbocycles. The number of fused-ring (bicyclic) bond motifs is 1. The number of hydrogen-bond donors (Lipinski definition) is 1. The first kappa shape index (κ1) is 27.7. The second kappa shape index (κ2) is 11.5. The van der Waals surface area contributed by atoms with E-state index < -0.39 is 12.1 Å². The van der Waals surface area contributed by atoms with Crippen molar-refractivity contribution in [2.24, 2.45) is 17.8 Å². The van der Waals surface area contributed by atoms with E-state index in [1.54, 1.807) is 12.1 Å². The standard InChI is InChI=1S/C38H38O5/c39-36(40)34-13-12-30-18-31(10-11-32(30)19-34)33-9-8-29(7-4-14-42-37(41)43-24-25-5-2-1-3-6-25)35(20-33)38-21-26-15-27(22-38)17-28(16-26)23-38/h1-3,5-6,8-13,18-20,26-28H,4,7,14-17,21-24H2,(H,39,40). The van der Waals surface area contributed by atoms with Gasteiger partial charge in [0.2, 0.25) is 0 Å². The lowest BCUT2D eigenvalue weighted by Crippen LogP contribution is -2.49. The van der Waals surface area contributed by atoms with E-state index in [0.29, 0.717) is 12.2 Å². The minimum atomic E-state index is -0.906. The van der Waals surface area contributed by atoms with Crippen LogP contribution in [0.5, 0.6) is 0 Å². The summed E-state index contributed by atoms with van der Waals surface area (Å²) in [5, 5.41) is 11.4. The van der Waals surface area contributed by atoms with Crippen LogP contribution in [0.15, 0.2) is 84.9 Å². The predicted octanol–water partition coefficient (Wildman–Crippen LogP) is 8.96. The van der Waals surface area contributed by atoms with Crippen molar-refractivity contribution in [2.45, 2.75) is 63.4 Å². The number of hydrogen-bond acceptors (Lipinski definition) is 4. The third-order valence-electron chi connectivity index (χ3n) is 10.1. The molecule has 4 fully saturated rings. The number of carboxylic acid groups (broad SMARTS) is 1. The molecule has 8 rings (SSSR count). The van der Waals surface area contributed by atoms with E-state index in [1.807, 2.05) is 42.5 Å². The number of carbonyl (C=O) groups is 2. The number of ether oxygens (including phenoxy) is 2. The maximum atomic E-state index is 12.2. The Kier molecular flexibility index (Phi) is 7.42. The summed E-state index contributed by atoms with van der Waals surface area (Å²) in [7, 11) is 0. The number of carbonyl (C=O) groups excluding carboxylic acids is 1. The molecule has 0 spiro atoms. The Balaban J connectivity index is 1.11. The molecule has 0 saturated heterocycles. The molecule has 4 bridgehead atoms. The molecule has 0 radical (unpaired) electrons. The number of rotatable bonds is 9. The van der Waals surface area contributed by atoms with Gasteiger partial charge in [0.1, 0.15) is 6.61 Å². The monoisotopic (exact) mass is 574 g/mol. The zero-order chi connectivity index (χ0) is 29.4. The lowest BCUT2D eigenvalue weighted by Gasteiger charge is -2.57. The molecular formula is C38H38O5. The summed E-state index contributed by atoms with van der Waals surface area (Å²) in [5.74, 6) is 1.62. The van der Waals surface area contributed by atoms with Gasteiger partial charge in [0.25, 0.3) is 0 Å². The zero-order valence-corrected chi connectivity index (χ0v) is 24.5. The molecule has 5 heteroatoms. The fraction of sp³-hybridized carbons (Fsp3) is 0.368. The summed E-state index contributed by atoms with van der Waals surface area (Å²) in [4.78, 5) is 23.6. The molecule has 0 aromatic heterocycles. The number of aromatic carboxylic acids is 1. The fourth-order valence-electron chi connectivity index (χ4n) is 8.64. The molecule has 5 nitrogen and oxygen atoms in total. The minimum absolute atomic E-state index is 0.215. The van der Waals surface area contributed by atoms with Crippen LogP contribution in [0, 0.1) is 17.8 Å². The number of carboxylic acids is 1. The molecule has 0 atom stereocenters. The quantitative estimate of drug-likeness (QED) is 0.160. The Hall–Kier alpha value is -4.12. The molecule has 0 aliphatic heterocycles. The Morgan fingerprint density at radius 1 is 0.744 bits per heavy atom. The van der Waals surface area contributed by atoms with Crippen molar-refractivity contribution in [3.8, 4) is 11.1 Å². The van der Waals surface area contributed by atoms with Gasteiger partial charge in [-0.15, -0.1) is 0 Å². The Bertz CT molecular complexity index is 1620. The largest absolute Gasteiger partial charge is 0.508 e. The number of aryl methyl sites for hydroxylation is 1. The maximum Gasteiger partial charge on any atom is 0.508 e. The molecule has 220 valence electrons. The van der Waals surface area contributed by atoms with Crippen molar-refractivity contribution in [3.63, 3.8) is 0 Å². The van der Waals surface area contributed by atoms with E-state index in [9.17, 15) is 14.7 Å². The molecule has 4 aromatic rings. The second-order valence-corrected chi connectivity index (χ2v) is 13.1. The average molecular weight is 575 g/mol. The van der Waals surface area contributed by atoms with Crippen molar-refractivity contribution < 1.29 is 24.2 Å². The second-order valence-electron chi connectivity index (χ2n) is 13.1. The summed E-state index contributed by atoms with van der Waals surface area (Å²) in [5.41, 5.74) is 6.72. The lowest BCUT2D eigenvalue weighted by molar-refractivity contribution is -0.00562. The number of benzene rings is 4. The van der Waals surface area contributed by atoms with E-state index >= 15 is 0 Å². The van der Waals surface area contributed by atoms with Gasteiger partial charge < -0.3 is 14.6 Å². The van der Waals surface area contributed by atoms with Gasteiger partial charge >= 0.3 is 12.1 Å². The van der Waals surface area contributed by atoms with Crippen LogP contribution < -0.4 is 0 Å². The summed E-state index contributed by atoms with van der Waals surface area (Å²) in [6, 6.07) is 28.3. The normalized spacial score (nSPS) is 23.8. The molecule has 4 aliphatic carbocycles. The molecule has 4 aliphatic rings. The van der Waals surface area contributed by atoms with Gasteiger partial charge in [0.15, 0.2) is 0 Å². The first-order valence-corrected chi connectivity index (χ1v) is 15.7. The van der Waals surface area contributed by atoms with E-state index in [2.05, 4.69) is 30.3 Å². The fourth-order valence-corrected chi connectivity index (χ4v) is 8.64. The van der Waals surface area contributed by atoms with Crippen LogP contribution in [0.25, 0.3) is 21.9 Å². The van der Waals surface area contributed by atoms with Crippen LogP contribution in [-0.4, -0.2) is 23.8 Å². The van der Waals surface area contributed by atoms with Gasteiger partial charge in [-0.1, -0.05) is 66.7 Å². The Labute approximate surface area is 252 Å². The zero-order valence-electron chi connectivity index (χ0n) is 24.5. The highest BCUT2D eigenvalue weighted by Gasteiger charge is 2.52. The molecule has 4 saturated carbocycles. The highest BCUT2D eigenvalue weighted by Crippen LogP contribution is 2.61. The predicted molar refractivity (Wildman–Crippen MR) is 167 cm³/mol. The Morgan fingerprint density at radius 3 is 2.12 bits per heavy atom. The highest BCUT2D eigenvalue weighted by molar-refractivity contribution is 5.95. The van der Waals surface area contributed by atoms with E-state index in [0.717, 1.165) is 52.5 Å². The highest BCUT2D eigenvalue weighted by atomic mass is 16.7. The summed E-state index contributed by atoms with van der Waals surface area (Å²) < 4.78 is 10.7. The first-order chi connectivity index (χ1) is 20.9. The molecule has 43 heavy (non-hydrogen) atoms. The van der Waals surface area contributed by atoms with Crippen molar-refractivity contribution in [1.82, 2.24) is 0 Å². The van der Waals surface area contributed by atoms with Crippen molar-refractivity contribution in [3.05, 3.63) is 107 Å². The topological polar surface area (TPSA) is 72.8 Å². The van der Waals surface area contributed by atoms with Crippen LogP contribution in [0.3, 0.4) is 0 Å². The van der Waals surface area contributed by atoms with Gasteiger partial charge in [-0.05, 0) is 131 Å². The van der Waals surface area contributed by atoms with Gasteiger partial charge in [0, 0.05) is 0 Å². The maximum absolute atomic E-state index is 12.2. The molecular weight excluding hydrogens is 536 g/mol. The summed E-state index contributed by atoms with van der Waals surface area (Å²) in [6.07, 6.45) is 9.05. The van der Waals surface area contributed by atoms with E-state index in [4.69, 9.17) is 9.47 Å². The van der Waals surface area contributed by atoms with Crippen LogP contribution in [-0.2, 0) is 27.9 Å². The smallest absolute Gasteiger partial charge is 0.478 e. The third kappa shape index (κ3) is 5.78. The molecule has 1 N–H and O–H groups in total. The lowest BCUT2D eigenvalue weighted by atomic mass is 9.47. The summed E-state index contributed by atoms with van der Waals surface area (Å²) in [6.45, 7) is 0.547. The van der Waals surface area contributed by atoms with Gasteiger partial charge in [-0.3, -0.25) is 0 Å². The average Bonchev–Trinajstić information content (AvgIpc) is 3.01. The van der Waals surface area contributed by atoms with Gasteiger partial charge in [0.05, 0.1) is 12.2 Å². The van der Waals surface area contributed by atoms with Crippen LogP contribution in [0.1, 0.15) is 72.0 Å². The third-order valence-corrected chi connectivity index (χ3v) is 10.1. The van der Waals surface area contributed by atoms with E-state index in [-0.39, 0.29) is 12.0 Å². The first-order valence-electron chi connectivity index (χ1n) is 15.7. The summed E-state index contributed by atoms with van der Waals surface area (Å²) >= 11 is 0. The Morgan fingerprint density at radius 2 is 1.40 bits per heavy atom. The SMILES string of the molecule is O=C(OCCCc1ccc(-c2ccc3cc(C(=O)O)ccc3c2)cc1C12CC3CC(CC(C3)C1)C2)OCc1ccccc1. The van der Waals surface area contributed by atoms with Crippen molar-refractivity contribution in [2.75, 3.05) is 6.61 Å². The van der Waals surface area contributed by atoms with Crippen molar-refractivity contribution in [1.29, 1.82) is 0 Å². The molecule has 0 heterocycles. The molecule has 0 amide bonds. The van der Waals surface area contributed by atoms with Gasteiger partial charge in [-0.25, -0.2) is 9.59 Å². The van der Waals surface area contributed by atoms with Crippen LogP contribution in [0.2, 0.25) is 0 Å². The molecule has 0 unspecified atom stereocenters. The van der Waals surface area contributed by atoms with Gasteiger partial charge in [-0.2, -0.15) is 0 Å². The van der Waals surface area contributed by atoms with Crippen molar-refractivity contribution >= 4 is 22.9 Å². The van der Waals surface area contributed by atoms with Crippen LogP contribution >= 0.6 is 0 Å². The van der Waals surface area contributed by atoms with Crippen LogP contribution in [0.4, 0.5) is 4.79 Å². The minimum Gasteiger partial charge on any atom is -0.478 e. The van der Waals surface area contributed by atoms with E-state index in [1.165, 1.54) is 55.2 Å².